The van der Waals surface area contributed by atoms with Crippen molar-refractivity contribution in [3.05, 3.63) is 113 Å². The van der Waals surface area contributed by atoms with E-state index in [1.54, 1.807) is 18.3 Å². The van der Waals surface area contributed by atoms with E-state index in [0.29, 0.717) is 5.92 Å². The number of carbonyl (C=O) groups is 1. The maximum Gasteiger partial charge on any atom is 0.160 e. The van der Waals surface area contributed by atoms with Crippen LogP contribution in [-0.4, -0.2) is 5.78 Å². The van der Waals surface area contributed by atoms with Crippen molar-refractivity contribution in [2.75, 3.05) is 0 Å². The van der Waals surface area contributed by atoms with Crippen molar-refractivity contribution in [2.45, 2.75) is 127 Å². The minimum atomic E-state index is 0.111. The summed E-state index contributed by atoms with van der Waals surface area (Å²) in [6, 6.07) is 21.4. The summed E-state index contributed by atoms with van der Waals surface area (Å²) in [5.74, 6) is 0.583. The van der Waals surface area contributed by atoms with Gasteiger partial charge in [-0.3, -0.25) is 4.79 Å². The number of ketones is 1. The second kappa shape index (κ2) is 27.3. The molecule has 1 atom stereocenters. The lowest BCUT2D eigenvalue weighted by Crippen LogP contribution is -2.01. The molecule has 4 rings (SSSR count). The van der Waals surface area contributed by atoms with Crippen molar-refractivity contribution < 1.29 is 4.79 Å². The molecule has 2 heteroatoms. The number of thiophene rings is 1. The Hall–Kier alpha value is -2.97. The molecule has 0 radical (unpaired) electrons. The normalized spacial score (nSPS) is 13.6. The molecule has 1 heterocycles. The van der Waals surface area contributed by atoms with Crippen molar-refractivity contribution in [3.8, 4) is 10.4 Å². The molecule has 1 aliphatic carbocycles. The first-order valence-corrected chi connectivity index (χ1v) is 18.6. The van der Waals surface area contributed by atoms with Gasteiger partial charge in [0.25, 0.3) is 0 Å². The largest absolute Gasteiger partial charge is 0.294 e. The summed E-state index contributed by atoms with van der Waals surface area (Å²) in [5, 5.41) is 2.08. The van der Waals surface area contributed by atoms with Crippen LogP contribution >= 0.6 is 11.3 Å². The monoisotopic (exact) mass is 628 g/mol. The number of carbonyl (C=O) groups excluding carboxylic acids is 1. The molecule has 0 N–H and O–H groups in total. The predicted molar refractivity (Wildman–Crippen MR) is 206 cm³/mol. The molecular weight excluding hydrogens is 565 g/mol. The van der Waals surface area contributed by atoms with E-state index in [2.05, 4.69) is 125 Å². The average Bonchev–Trinajstić information content (AvgIpc) is 3.53. The molecule has 0 fully saturated rings. The third kappa shape index (κ3) is 17.9. The van der Waals surface area contributed by atoms with E-state index in [-0.39, 0.29) is 5.78 Å². The quantitative estimate of drug-likeness (QED) is 0.161. The number of allylic oxidation sites excluding steroid dienone is 6. The maximum atomic E-state index is 12.2. The first kappa shape index (κ1) is 42.0. The van der Waals surface area contributed by atoms with Crippen molar-refractivity contribution in [3.63, 3.8) is 0 Å². The highest BCUT2D eigenvalue weighted by molar-refractivity contribution is 7.13. The molecule has 0 aliphatic heterocycles. The first-order valence-electron chi connectivity index (χ1n) is 17.7. The molecule has 1 aromatic heterocycles. The van der Waals surface area contributed by atoms with E-state index >= 15 is 0 Å². The molecule has 3 aromatic rings. The van der Waals surface area contributed by atoms with Gasteiger partial charge in [-0.25, -0.2) is 0 Å². The fourth-order valence-electron chi connectivity index (χ4n) is 4.64. The van der Waals surface area contributed by atoms with Crippen LogP contribution in [-0.2, 0) is 11.2 Å². The van der Waals surface area contributed by atoms with Gasteiger partial charge >= 0.3 is 0 Å². The first-order chi connectivity index (χ1) is 21.9. The number of benzene rings is 2. The summed E-state index contributed by atoms with van der Waals surface area (Å²) in [6.07, 6.45) is 20.1. The van der Waals surface area contributed by atoms with Crippen LogP contribution in [0.3, 0.4) is 0 Å². The number of aryl methyl sites for hydroxylation is 2. The average molecular weight is 629 g/mol. The molecule has 248 valence electrons. The van der Waals surface area contributed by atoms with Crippen LogP contribution < -0.4 is 0 Å². The van der Waals surface area contributed by atoms with Gasteiger partial charge in [-0.05, 0) is 85.2 Å². The SMILES string of the molecule is CC.CC.CC(=O)/C(=C\C1=CC=CCCC1C)c1ccc(-c2cccs2)cc1.CCC.CCCCCCCc1ccc(C)cc1. The summed E-state index contributed by atoms with van der Waals surface area (Å²) in [7, 11) is 0. The minimum absolute atomic E-state index is 0.111. The molecule has 0 bridgehead atoms. The lowest BCUT2D eigenvalue weighted by Gasteiger charge is -2.12. The number of rotatable bonds is 10. The number of hydrogen-bond donors (Lipinski definition) is 0. The van der Waals surface area contributed by atoms with E-state index in [4.69, 9.17) is 0 Å². The maximum absolute atomic E-state index is 12.2. The molecule has 0 amide bonds. The Morgan fingerprint density at radius 1 is 0.867 bits per heavy atom. The Bertz CT molecular complexity index is 1210. The van der Waals surface area contributed by atoms with Crippen molar-refractivity contribution in [1.82, 2.24) is 0 Å². The van der Waals surface area contributed by atoms with Gasteiger partial charge in [0.05, 0.1) is 0 Å². The highest BCUT2D eigenvalue weighted by Crippen LogP contribution is 2.29. The smallest absolute Gasteiger partial charge is 0.160 e. The number of unbranched alkanes of at least 4 members (excludes halogenated alkanes) is 4. The van der Waals surface area contributed by atoms with Gasteiger partial charge in [-0.15, -0.1) is 11.3 Å². The Labute approximate surface area is 282 Å². The molecule has 0 spiro atoms. The lowest BCUT2D eigenvalue weighted by atomic mass is 9.92. The Morgan fingerprint density at radius 2 is 1.49 bits per heavy atom. The van der Waals surface area contributed by atoms with E-state index in [0.717, 1.165) is 24.0 Å². The van der Waals surface area contributed by atoms with Gasteiger partial charge in [0, 0.05) is 10.5 Å². The van der Waals surface area contributed by atoms with E-state index < -0.39 is 0 Å². The second-order valence-electron chi connectivity index (χ2n) is 11.1. The highest BCUT2D eigenvalue weighted by Gasteiger charge is 2.13. The van der Waals surface area contributed by atoms with Crippen LogP contribution in [0.25, 0.3) is 16.0 Å². The topological polar surface area (TPSA) is 17.1 Å². The van der Waals surface area contributed by atoms with Gasteiger partial charge in [0.2, 0.25) is 0 Å². The molecule has 0 saturated carbocycles. The summed E-state index contributed by atoms with van der Waals surface area (Å²) >= 11 is 1.73. The van der Waals surface area contributed by atoms with E-state index in [1.807, 2.05) is 27.7 Å². The Kier molecular flexibility index (Phi) is 25.5. The zero-order valence-corrected chi connectivity index (χ0v) is 31.2. The highest BCUT2D eigenvalue weighted by atomic mass is 32.1. The summed E-state index contributed by atoms with van der Waals surface area (Å²) in [5.41, 5.74) is 7.06. The van der Waals surface area contributed by atoms with Crippen LogP contribution in [0.5, 0.6) is 0 Å². The second-order valence-corrected chi connectivity index (χ2v) is 12.0. The van der Waals surface area contributed by atoms with Crippen molar-refractivity contribution in [1.29, 1.82) is 0 Å². The predicted octanol–water partition coefficient (Wildman–Crippen LogP) is 14.3. The van der Waals surface area contributed by atoms with E-state index in [9.17, 15) is 4.79 Å². The third-order valence-corrected chi connectivity index (χ3v) is 8.06. The fraction of sp³-hybridized carbons (Fsp3) is 0.465. The molecule has 0 saturated heterocycles. The van der Waals surface area contributed by atoms with Gasteiger partial charge in [0.15, 0.2) is 5.78 Å². The minimum Gasteiger partial charge on any atom is -0.294 e. The van der Waals surface area contributed by atoms with E-state index in [1.165, 1.54) is 72.1 Å². The Morgan fingerprint density at radius 3 is 2.04 bits per heavy atom. The summed E-state index contributed by atoms with van der Waals surface area (Å²) in [6.45, 7) is 20.5. The molecule has 1 aliphatic rings. The van der Waals surface area contributed by atoms with Crippen LogP contribution in [0.4, 0.5) is 0 Å². The third-order valence-electron chi connectivity index (χ3n) is 7.14. The van der Waals surface area contributed by atoms with Gasteiger partial charge in [-0.1, -0.05) is 166 Å². The van der Waals surface area contributed by atoms with Gasteiger partial charge < -0.3 is 0 Å². The zero-order chi connectivity index (χ0) is 33.9. The summed E-state index contributed by atoms with van der Waals surface area (Å²) in [4.78, 5) is 13.5. The van der Waals surface area contributed by atoms with Crippen LogP contribution in [0.1, 0.15) is 130 Å². The lowest BCUT2D eigenvalue weighted by molar-refractivity contribution is -0.111. The summed E-state index contributed by atoms with van der Waals surface area (Å²) < 4.78 is 0. The van der Waals surface area contributed by atoms with Crippen molar-refractivity contribution >= 4 is 22.7 Å². The molecule has 1 unspecified atom stereocenters. The van der Waals surface area contributed by atoms with Crippen LogP contribution in [0.15, 0.2) is 95.9 Å². The van der Waals surface area contributed by atoms with Crippen LogP contribution in [0, 0.1) is 12.8 Å². The van der Waals surface area contributed by atoms with Crippen molar-refractivity contribution in [2.24, 2.45) is 5.92 Å². The van der Waals surface area contributed by atoms with Gasteiger partial charge in [-0.2, -0.15) is 0 Å². The molecule has 1 nitrogen and oxygen atoms in total. The standard InChI is InChI=1S/C22H22OS.C14H22.C3H8.2C2H6/c1-16-7-4-3-5-8-20(16)15-21(17(2)23)18-10-12-19(13-11-18)22-9-6-14-24-22;1-3-4-5-6-7-8-14-11-9-13(2)10-12-14;1-3-2;2*1-2/h3,5-6,8-16H,4,7H2,1-2H3;9-12H,3-8H2,1-2H3;3H2,1-2H3;2*1-2H3/b21-15+;;;;. The number of Topliss-reactive ketones (excluding diaryl/α,β-unsaturated/α-hetero) is 1. The molecule has 2 aromatic carbocycles. The zero-order valence-electron chi connectivity index (χ0n) is 30.4. The molecule has 45 heavy (non-hydrogen) atoms. The fourth-order valence-corrected chi connectivity index (χ4v) is 5.38. The molecular formula is C43H64OS. The van der Waals surface area contributed by atoms with Crippen LogP contribution in [0.2, 0.25) is 0 Å². The number of hydrogen-bond acceptors (Lipinski definition) is 2. The van der Waals surface area contributed by atoms with Gasteiger partial charge in [0.1, 0.15) is 0 Å². The Balaban J connectivity index is 0.000000785.